The number of aromatic hydroxyl groups is 2. The van der Waals surface area contributed by atoms with Crippen molar-refractivity contribution < 1.29 is 24.5 Å². The van der Waals surface area contributed by atoms with Gasteiger partial charge in [-0.3, -0.25) is 4.79 Å². The van der Waals surface area contributed by atoms with Gasteiger partial charge in [-0.25, -0.2) is 0 Å². The number of phenols is 2. The number of phenolic OH excluding ortho intramolecular Hbond substituents is 2. The molecule has 5 heteroatoms. The maximum atomic E-state index is 12.3. The van der Waals surface area contributed by atoms with Crippen LogP contribution in [0.25, 0.3) is 0 Å². The molecule has 0 radical (unpaired) electrons. The van der Waals surface area contributed by atoms with Crippen LogP contribution in [0.1, 0.15) is 23.3 Å². The lowest BCUT2D eigenvalue weighted by Crippen LogP contribution is -2.15. The molecule has 2 fully saturated rings. The van der Waals surface area contributed by atoms with E-state index >= 15 is 0 Å². The van der Waals surface area contributed by atoms with Crippen molar-refractivity contribution in [2.24, 2.45) is 0 Å². The van der Waals surface area contributed by atoms with Crippen LogP contribution in [-0.4, -0.2) is 28.2 Å². The molecule has 4 unspecified atom stereocenters. The molecule has 0 aliphatic carbocycles. The summed E-state index contributed by atoms with van der Waals surface area (Å²) in [5, 5.41) is 18.9. The Balaban J connectivity index is 1.43. The molecule has 2 aromatic carbocycles. The largest absolute Gasteiger partial charge is 0.508 e. The fourth-order valence-electron chi connectivity index (χ4n) is 2.73. The van der Waals surface area contributed by atoms with Crippen molar-refractivity contribution in [2.75, 3.05) is 0 Å². The maximum absolute atomic E-state index is 12.3. The van der Waals surface area contributed by atoms with Gasteiger partial charge in [0, 0.05) is 0 Å². The number of Topliss-reactive ketones (excluding diaryl/α,β-unsaturated/α-hetero) is 1. The molecule has 2 N–H and O–H groups in total. The molecule has 5 nitrogen and oxygen atoms in total. The lowest BCUT2D eigenvalue weighted by Gasteiger charge is -1.97. The molecule has 0 bridgehead atoms. The lowest BCUT2D eigenvalue weighted by atomic mass is 10.0. The summed E-state index contributed by atoms with van der Waals surface area (Å²) >= 11 is 0. The molecule has 2 aliphatic heterocycles. The van der Waals surface area contributed by atoms with E-state index in [9.17, 15) is 15.0 Å². The van der Waals surface area contributed by atoms with Gasteiger partial charge < -0.3 is 19.7 Å². The zero-order valence-electron chi connectivity index (χ0n) is 11.5. The maximum Gasteiger partial charge on any atom is 0.196 e. The molecule has 0 aromatic heterocycles. The van der Waals surface area contributed by atoms with Gasteiger partial charge in [0.05, 0.1) is 0 Å². The van der Waals surface area contributed by atoms with E-state index < -0.39 is 12.2 Å². The molecular weight excluding hydrogens is 284 g/mol. The van der Waals surface area contributed by atoms with E-state index in [1.165, 1.54) is 0 Å². The van der Waals surface area contributed by atoms with Crippen molar-refractivity contribution in [1.29, 1.82) is 0 Å². The number of carbonyl (C=O) groups is 1. The monoisotopic (exact) mass is 298 g/mol. The quantitative estimate of drug-likeness (QED) is 0.846. The van der Waals surface area contributed by atoms with Gasteiger partial charge in [-0.05, 0) is 35.4 Å². The second-order valence-corrected chi connectivity index (χ2v) is 5.55. The molecule has 4 atom stereocenters. The zero-order chi connectivity index (χ0) is 15.3. The topological polar surface area (TPSA) is 82.6 Å². The van der Waals surface area contributed by atoms with E-state index in [1.54, 1.807) is 36.4 Å². The summed E-state index contributed by atoms with van der Waals surface area (Å²) in [7, 11) is 0. The van der Waals surface area contributed by atoms with Gasteiger partial charge >= 0.3 is 0 Å². The number of hydrogen-bond donors (Lipinski definition) is 2. The molecule has 2 aromatic rings. The summed E-state index contributed by atoms with van der Waals surface area (Å²) in [4.78, 5) is 12.3. The Kier molecular flexibility index (Phi) is 2.92. The summed E-state index contributed by atoms with van der Waals surface area (Å²) in [5.41, 5.74) is 1.57. The van der Waals surface area contributed by atoms with Crippen LogP contribution in [0.2, 0.25) is 0 Å². The minimum Gasteiger partial charge on any atom is -0.508 e. The molecular formula is C17H14O5. The standard InChI is InChI=1S/C17H14O5/c18-11-5-1-3-9(7-11)14-16(21-14)13(20)17-15(22-17)10-4-2-6-12(19)8-10/h1-8,14-19H. The van der Waals surface area contributed by atoms with Crippen LogP contribution >= 0.6 is 0 Å². The molecule has 2 heterocycles. The smallest absolute Gasteiger partial charge is 0.196 e. The molecule has 0 amide bonds. The van der Waals surface area contributed by atoms with Crippen molar-refractivity contribution in [2.45, 2.75) is 24.4 Å². The Hall–Kier alpha value is -2.37. The van der Waals surface area contributed by atoms with Crippen molar-refractivity contribution in [3.63, 3.8) is 0 Å². The average molecular weight is 298 g/mol. The van der Waals surface area contributed by atoms with Crippen LogP contribution in [0.15, 0.2) is 48.5 Å². The van der Waals surface area contributed by atoms with Crippen molar-refractivity contribution >= 4 is 5.78 Å². The first-order chi connectivity index (χ1) is 10.6. The zero-order valence-corrected chi connectivity index (χ0v) is 11.5. The second kappa shape index (κ2) is 4.83. The molecule has 22 heavy (non-hydrogen) atoms. The Labute approximate surface area is 126 Å². The Morgan fingerprint density at radius 2 is 1.27 bits per heavy atom. The van der Waals surface area contributed by atoms with Crippen LogP contribution in [0.4, 0.5) is 0 Å². The predicted molar refractivity (Wildman–Crippen MR) is 76.4 cm³/mol. The number of benzene rings is 2. The minimum absolute atomic E-state index is 0.0957. The first-order valence-corrected chi connectivity index (χ1v) is 7.06. The summed E-state index contributed by atoms with van der Waals surface area (Å²) in [6.45, 7) is 0. The first-order valence-electron chi connectivity index (χ1n) is 7.06. The van der Waals surface area contributed by atoms with Crippen LogP contribution < -0.4 is 0 Å². The number of hydrogen-bond acceptors (Lipinski definition) is 5. The first kappa shape index (κ1) is 13.3. The van der Waals surface area contributed by atoms with Gasteiger partial charge in [-0.2, -0.15) is 0 Å². The number of ether oxygens (including phenoxy) is 2. The van der Waals surface area contributed by atoms with E-state index in [0.29, 0.717) is 0 Å². The average Bonchev–Trinajstić information content (AvgIpc) is 3.39. The van der Waals surface area contributed by atoms with Gasteiger partial charge in [0.2, 0.25) is 0 Å². The van der Waals surface area contributed by atoms with Crippen molar-refractivity contribution in [1.82, 2.24) is 0 Å². The summed E-state index contributed by atoms with van der Waals surface area (Å²) in [6.07, 6.45) is -1.66. The van der Waals surface area contributed by atoms with Gasteiger partial charge in [0.1, 0.15) is 35.9 Å². The number of rotatable bonds is 4. The fourth-order valence-corrected chi connectivity index (χ4v) is 2.73. The molecule has 112 valence electrons. The SMILES string of the molecule is O=C(C1OC1c1cccc(O)c1)C1OC1c1cccc(O)c1. The van der Waals surface area contributed by atoms with Gasteiger partial charge in [-0.15, -0.1) is 0 Å². The summed E-state index contributed by atoms with van der Waals surface area (Å²) in [6, 6.07) is 13.4. The fraction of sp³-hybridized carbons (Fsp3) is 0.235. The third kappa shape index (κ3) is 2.34. The number of ketones is 1. The highest BCUT2D eigenvalue weighted by molar-refractivity contribution is 5.92. The third-order valence-corrected chi connectivity index (χ3v) is 3.94. The predicted octanol–water partition coefficient (Wildman–Crippen LogP) is 2.25. The van der Waals surface area contributed by atoms with Gasteiger partial charge in [0.15, 0.2) is 5.78 Å². The second-order valence-electron chi connectivity index (χ2n) is 5.55. The van der Waals surface area contributed by atoms with E-state index in [-0.39, 0.29) is 29.5 Å². The highest BCUT2D eigenvalue weighted by Crippen LogP contribution is 2.47. The molecule has 2 aliphatic rings. The summed E-state index contributed by atoms with van der Waals surface area (Å²) in [5.74, 6) is 0.209. The molecule has 2 saturated heterocycles. The Bertz CT molecular complexity index is 680. The van der Waals surface area contributed by atoms with E-state index in [0.717, 1.165) is 11.1 Å². The Morgan fingerprint density at radius 1 is 0.818 bits per heavy atom. The van der Waals surface area contributed by atoms with Crippen LogP contribution in [0.3, 0.4) is 0 Å². The van der Waals surface area contributed by atoms with Crippen LogP contribution in [0, 0.1) is 0 Å². The van der Waals surface area contributed by atoms with Gasteiger partial charge in [0.25, 0.3) is 0 Å². The van der Waals surface area contributed by atoms with E-state index in [4.69, 9.17) is 9.47 Å². The number of carbonyl (C=O) groups excluding carboxylic acids is 1. The van der Waals surface area contributed by atoms with Crippen molar-refractivity contribution in [3.05, 3.63) is 59.7 Å². The highest BCUT2D eigenvalue weighted by Gasteiger charge is 2.56. The van der Waals surface area contributed by atoms with E-state index in [2.05, 4.69) is 0 Å². The highest BCUT2D eigenvalue weighted by atomic mass is 16.6. The van der Waals surface area contributed by atoms with E-state index in [1.807, 2.05) is 12.1 Å². The Morgan fingerprint density at radius 3 is 1.68 bits per heavy atom. The third-order valence-electron chi connectivity index (χ3n) is 3.94. The normalized spacial score (nSPS) is 29.1. The molecule has 0 spiro atoms. The summed E-state index contributed by atoms with van der Waals surface area (Å²) < 4.78 is 10.9. The molecule has 0 saturated carbocycles. The molecule has 4 rings (SSSR count). The van der Waals surface area contributed by atoms with Crippen molar-refractivity contribution in [3.8, 4) is 11.5 Å². The lowest BCUT2D eigenvalue weighted by molar-refractivity contribution is -0.121. The van der Waals surface area contributed by atoms with Crippen LogP contribution in [-0.2, 0) is 14.3 Å². The van der Waals surface area contributed by atoms with Crippen LogP contribution in [0.5, 0.6) is 11.5 Å². The minimum atomic E-state index is -0.519. The van der Waals surface area contributed by atoms with Gasteiger partial charge in [-0.1, -0.05) is 24.3 Å². The number of epoxide rings is 2.